The number of nitrogens with one attached hydrogen (secondary N) is 1. The van der Waals surface area contributed by atoms with Gasteiger partial charge in [0.05, 0.1) is 25.9 Å². The third-order valence-electron chi connectivity index (χ3n) is 3.57. The van der Waals surface area contributed by atoms with E-state index in [1.54, 1.807) is 0 Å². The molecule has 1 aliphatic heterocycles. The number of anilines is 1. The normalized spacial score (nSPS) is 16.4. The van der Waals surface area contributed by atoms with Gasteiger partial charge in [0, 0.05) is 18.8 Å². The summed E-state index contributed by atoms with van der Waals surface area (Å²) in [6, 6.07) is 7.72. The minimum Gasteiger partial charge on any atom is -0.491 e. The van der Waals surface area contributed by atoms with Crippen molar-refractivity contribution in [1.82, 2.24) is 4.90 Å². The van der Waals surface area contributed by atoms with Crippen molar-refractivity contribution in [2.45, 2.75) is 26.4 Å². The molecule has 0 aliphatic carbocycles. The number of nitrogens with zero attached hydrogens (tertiary/aromatic N) is 1. The molecule has 5 nitrogen and oxygen atoms in total. The number of carbonyl (C=O) groups is 1. The van der Waals surface area contributed by atoms with Crippen LogP contribution in [-0.2, 0) is 9.53 Å². The molecule has 0 radical (unpaired) electrons. The summed E-state index contributed by atoms with van der Waals surface area (Å²) in [5.41, 5.74) is 0.924. The number of amides is 1. The molecular formula is C16H24N2O3. The number of morpholine rings is 1. The van der Waals surface area contributed by atoms with Crippen molar-refractivity contribution in [3.05, 3.63) is 24.3 Å². The van der Waals surface area contributed by atoms with Crippen molar-refractivity contribution in [3.8, 4) is 5.75 Å². The lowest BCUT2D eigenvalue weighted by molar-refractivity contribution is -0.133. The van der Waals surface area contributed by atoms with E-state index >= 15 is 0 Å². The van der Waals surface area contributed by atoms with Crippen molar-refractivity contribution in [3.63, 3.8) is 0 Å². The van der Waals surface area contributed by atoms with Gasteiger partial charge in [-0.2, -0.15) is 0 Å². The van der Waals surface area contributed by atoms with Crippen molar-refractivity contribution in [1.29, 1.82) is 0 Å². The Morgan fingerprint density at radius 3 is 2.62 bits per heavy atom. The van der Waals surface area contributed by atoms with E-state index in [1.165, 1.54) is 0 Å². The number of carbonyl (C=O) groups excluding carboxylic acids is 1. The largest absolute Gasteiger partial charge is 0.491 e. The Kier molecular flexibility index (Phi) is 5.87. The van der Waals surface area contributed by atoms with Crippen LogP contribution in [0.15, 0.2) is 24.3 Å². The van der Waals surface area contributed by atoms with E-state index in [0.717, 1.165) is 17.9 Å². The Morgan fingerprint density at radius 2 is 2.00 bits per heavy atom. The summed E-state index contributed by atoms with van der Waals surface area (Å²) in [6.45, 7) is 7.09. The van der Waals surface area contributed by atoms with Crippen LogP contribution in [0.25, 0.3) is 0 Å². The molecular weight excluding hydrogens is 268 g/mol. The van der Waals surface area contributed by atoms with E-state index in [9.17, 15) is 4.79 Å². The fraction of sp³-hybridized carbons (Fsp3) is 0.562. The summed E-state index contributed by atoms with van der Waals surface area (Å²) < 4.78 is 11.0. The molecule has 0 aromatic heterocycles. The van der Waals surface area contributed by atoms with Gasteiger partial charge in [0.25, 0.3) is 0 Å². The van der Waals surface area contributed by atoms with Crippen molar-refractivity contribution >= 4 is 11.6 Å². The predicted molar refractivity (Wildman–Crippen MR) is 82.7 cm³/mol. The van der Waals surface area contributed by atoms with Crippen LogP contribution in [0.2, 0.25) is 0 Å². The van der Waals surface area contributed by atoms with E-state index in [-0.39, 0.29) is 12.0 Å². The molecule has 1 atom stereocenters. The van der Waals surface area contributed by atoms with Crippen LogP contribution in [0.3, 0.4) is 0 Å². The zero-order valence-corrected chi connectivity index (χ0v) is 12.8. The van der Waals surface area contributed by atoms with Crippen LogP contribution in [0, 0.1) is 0 Å². The highest BCUT2D eigenvalue weighted by atomic mass is 16.5. The van der Waals surface area contributed by atoms with Crippen molar-refractivity contribution in [2.75, 3.05) is 38.2 Å². The Hall–Kier alpha value is -1.75. The molecule has 1 fully saturated rings. The fourth-order valence-corrected chi connectivity index (χ4v) is 2.07. The molecule has 116 valence electrons. The zero-order chi connectivity index (χ0) is 15.1. The summed E-state index contributed by atoms with van der Waals surface area (Å²) in [7, 11) is 0. The van der Waals surface area contributed by atoms with Gasteiger partial charge in [-0.1, -0.05) is 6.92 Å². The number of benzene rings is 1. The lowest BCUT2D eigenvalue weighted by Gasteiger charge is -2.27. The van der Waals surface area contributed by atoms with Gasteiger partial charge < -0.3 is 19.7 Å². The van der Waals surface area contributed by atoms with Gasteiger partial charge >= 0.3 is 0 Å². The van der Waals surface area contributed by atoms with Crippen LogP contribution in [0.1, 0.15) is 20.3 Å². The summed E-state index contributed by atoms with van der Waals surface area (Å²) in [6.07, 6.45) is 1.19. The average Bonchev–Trinajstić information content (AvgIpc) is 2.54. The molecule has 1 aromatic rings. The minimum atomic E-state index is 0.109. The van der Waals surface area contributed by atoms with E-state index < -0.39 is 0 Å². The molecule has 1 amide bonds. The molecule has 5 heteroatoms. The number of hydrogen-bond acceptors (Lipinski definition) is 4. The van der Waals surface area contributed by atoms with Crippen LogP contribution in [0.4, 0.5) is 5.69 Å². The maximum absolute atomic E-state index is 12.0. The molecule has 1 aliphatic rings. The van der Waals surface area contributed by atoms with Gasteiger partial charge in [0.15, 0.2) is 0 Å². The second-order valence-corrected chi connectivity index (χ2v) is 5.21. The second kappa shape index (κ2) is 7.88. The molecule has 0 spiro atoms. The first kappa shape index (κ1) is 15.6. The molecule has 0 bridgehead atoms. The maximum atomic E-state index is 12.0. The Morgan fingerprint density at radius 1 is 1.33 bits per heavy atom. The van der Waals surface area contributed by atoms with Gasteiger partial charge in [0.1, 0.15) is 5.75 Å². The lowest BCUT2D eigenvalue weighted by atomic mass is 10.2. The Labute approximate surface area is 126 Å². The fourth-order valence-electron chi connectivity index (χ4n) is 2.07. The summed E-state index contributed by atoms with van der Waals surface area (Å²) in [5, 5.41) is 3.15. The van der Waals surface area contributed by atoms with Gasteiger partial charge in [-0.25, -0.2) is 0 Å². The molecule has 1 unspecified atom stereocenters. The van der Waals surface area contributed by atoms with Crippen LogP contribution < -0.4 is 10.1 Å². The Balaban J connectivity index is 1.79. The first-order valence-corrected chi connectivity index (χ1v) is 7.55. The van der Waals surface area contributed by atoms with Crippen molar-refractivity contribution in [2.24, 2.45) is 0 Å². The Bertz CT molecular complexity index is 441. The molecule has 1 aromatic carbocycles. The van der Waals surface area contributed by atoms with Crippen LogP contribution >= 0.6 is 0 Å². The smallest absolute Gasteiger partial charge is 0.242 e. The molecule has 1 saturated heterocycles. The first-order valence-electron chi connectivity index (χ1n) is 7.55. The summed E-state index contributed by atoms with van der Waals surface area (Å²) in [5.74, 6) is 0.965. The molecule has 21 heavy (non-hydrogen) atoms. The zero-order valence-electron chi connectivity index (χ0n) is 12.8. The topological polar surface area (TPSA) is 50.8 Å². The number of hydrogen-bond donors (Lipinski definition) is 1. The molecule has 1 N–H and O–H groups in total. The van der Waals surface area contributed by atoms with Crippen LogP contribution in [-0.4, -0.2) is 49.8 Å². The standard InChI is InChI=1S/C16H24N2O3/c1-3-13(2)21-15-6-4-14(5-7-15)17-12-16(19)18-8-10-20-11-9-18/h4-7,13,17H,3,8-12H2,1-2H3. The quantitative estimate of drug-likeness (QED) is 0.872. The third-order valence-corrected chi connectivity index (χ3v) is 3.57. The molecule has 1 heterocycles. The first-order chi connectivity index (χ1) is 10.2. The van der Waals surface area contributed by atoms with Crippen LogP contribution in [0.5, 0.6) is 5.75 Å². The van der Waals surface area contributed by atoms with E-state index in [2.05, 4.69) is 12.2 Å². The van der Waals surface area contributed by atoms with Crippen molar-refractivity contribution < 1.29 is 14.3 Å². The SMILES string of the molecule is CCC(C)Oc1ccc(NCC(=O)N2CCOCC2)cc1. The monoisotopic (exact) mass is 292 g/mol. The van der Waals surface area contributed by atoms with E-state index in [0.29, 0.717) is 32.8 Å². The minimum absolute atomic E-state index is 0.109. The van der Waals surface area contributed by atoms with Gasteiger partial charge in [-0.3, -0.25) is 4.79 Å². The summed E-state index contributed by atoms with van der Waals surface area (Å²) >= 11 is 0. The predicted octanol–water partition coefficient (Wildman–Crippen LogP) is 2.13. The van der Waals surface area contributed by atoms with Gasteiger partial charge in [-0.15, -0.1) is 0 Å². The third kappa shape index (κ3) is 4.93. The van der Waals surface area contributed by atoms with Gasteiger partial charge in [0.2, 0.25) is 5.91 Å². The average molecular weight is 292 g/mol. The van der Waals surface area contributed by atoms with E-state index in [1.807, 2.05) is 36.1 Å². The summed E-state index contributed by atoms with van der Waals surface area (Å²) in [4.78, 5) is 13.8. The van der Waals surface area contributed by atoms with E-state index in [4.69, 9.17) is 9.47 Å². The number of rotatable bonds is 6. The highest BCUT2D eigenvalue weighted by molar-refractivity contribution is 5.81. The number of ether oxygens (including phenoxy) is 2. The van der Waals surface area contributed by atoms with Gasteiger partial charge in [-0.05, 0) is 37.6 Å². The molecule has 0 saturated carbocycles. The highest BCUT2D eigenvalue weighted by Crippen LogP contribution is 2.17. The highest BCUT2D eigenvalue weighted by Gasteiger charge is 2.16. The molecule has 2 rings (SSSR count). The maximum Gasteiger partial charge on any atom is 0.242 e. The lowest BCUT2D eigenvalue weighted by Crippen LogP contribution is -2.43. The second-order valence-electron chi connectivity index (χ2n) is 5.21.